The van der Waals surface area contributed by atoms with Crippen LogP contribution >= 0.6 is 22.6 Å². The van der Waals surface area contributed by atoms with Crippen molar-refractivity contribution in [1.82, 2.24) is 4.98 Å². The summed E-state index contributed by atoms with van der Waals surface area (Å²) < 4.78 is 1.09. The minimum absolute atomic E-state index is 0.0323. The van der Waals surface area contributed by atoms with Gasteiger partial charge in [-0.05, 0) is 52.4 Å². The third-order valence-electron chi connectivity index (χ3n) is 3.18. The van der Waals surface area contributed by atoms with Gasteiger partial charge in [-0.3, -0.25) is 9.78 Å². The van der Waals surface area contributed by atoms with Crippen molar-refractivity contribution in [3.63, 3.8) is 0 Å². The Labute approximate surface area is 136 Å². The Hall–Kier alpha value is -1.95. The van der Waals surface area contributed by atoms with Crippen molar-refractivity contribution >= 4 is 45.1 Å². The number of hydrogen-bond acceptors (Lipinski definition) is 2. The van der Waals surface area contributed by atoms with E-state index in [0.29, 0.717) is 6.42 Å². The standard InChI is InChI=1S/C17H13IN2O/c18-14-7-2-8-15(11-14)20-16(21)10-13-5-1-4-12-6-3-9-19-17(12)13/h1-9,11H,10H2,(H,20,21). The van der Waals surface area contributed by atoms with E-state index >= 15 is 0 Å². The number of carbonyl (C=O) groups excluding carboxylic acids is 1. The van der Waals surface area contributed by atoms with E-state index in [0.717, 1.165) is 25.7 Å². The average Bonchev–Trinajstić information content (AvgIpc) is 2.47. The van der Waals surface area contributed by atoms with Crippen LogP contribution in [0.4, 0.5) is 5.69 Å². The van der Waals surface area contributed by atoms with Gasteiger partial charge in [0.25, 0.3) is 0 Å². The van der Waals surface area contributed by atoms with Crippen molar-refractivity contribution in [3.05, 3.63) is 69.9 Å². The Morgan fingerprint density at radius 1 is 1.10 bits per heavy atom. The second-order valence-corrected chi connectivity index (χ2v) is 5.97. The number of rotatable bonds is 3. The van der Waals surface area contributed by atoms with E-state index in [1.165, 1.54) is 0 Å². The molecule has 104 valence electrons. The van der Waals surface area contributed by atoms with Crippen molar-refractivity contribution in [2.24, 2.45) is 0 Å². The number of amides is 1. The lowest BCUT2D eigenvalue weighted by atomic mass is 10.1. The largest absolute Gasteiger partial charge is 0.326 e. The Bertz CT molecular complexity index is 796. The summed E-state index contributed by atoms with van der Waals surface area (Å²) in [5, 5.41) is 3.98. The molecule has 1 aromatic heterocycles. The number of fused-ring (bicyclic) bond motifs is 1. The summed E-state index contributed by atoms with van der Waals surface area (Å²) in [5.74, 6) is -0.0323. The van der Waals surface area contributed by atoms with Crippen LogP contribution in [-0.2, 0) is 11.2 Å². The normalized spacial score (nSPS) is 10.5. The molecule has 2 aromatic carbocycles. The Balaban J connectivity index is 1.80. The van der Waals surface area contributed by atoms with E-state index < -0.39 is 0 Å². The highest BCUT2D eigenvalue weighted by atomic mass is 127. The van der Waals surface area contributed by atoms with Crippen molar-refractivity contribution in [2.75, 3.05) is 5.32 Å². The number of aromatic nitrogens is 1. The summed E-state index contributed by atoms with van der Waals surface area (Å²) in [5.41, 5.74) is 2.65. The number of pyridine rings is 1. The molecule has 0 spiro atoms. The molecule has 0 aliphatic carbocycles. The van der Waals surface area contributed by atoms with Gasteiger partial charge in [0.2, 0.25) is 5.91 Å². The van der Waals surface area contributed by atoms with E-state index in [4.69, 9.17) is 0 Å². The summed E-state index contributed by atoms with van der Waals surface area (Å²) in [7, 11) is 0. The maximum atomic E-state index is 12.2. The average molecular weight is 388 g/mol. The third kappa shape index (κ3) is 3.39. The van der Waals surface area contributed by atoms with Gasteiger partial charge in [-0.2, -0.15) is 0 Å². The Morgan fingerprint density at radius 3 is 2.76 bits per heavy atom. The van der Waals surface area contributed by atoms with E-state index in [1.807, 2.05) is 54.6 Å². The second kappa shape index (κ2) is 6.22. The molecule has 0 bridgehead atoms. The van der Waals surface area contributed by atoms with Gasteiger partial charge < -0.3 is 5.32 Å². The number of anilines is 1. The lowest BCUT2D eigenvalue weighted by Crippen LogP contribution is -2.14. The number of hydrogen-bond donors (Lipinski definition) is 1. The number of benzene rings is 2. The predicted molar refractivity (Wildman–Crippen MR) is 93.2 cm³/mol. The fraction of sp³-hybridized carbons (Fsp3) is 0.0588. The van der Waals surface area contributed by atoms with Crippen molar-refractivity contribution in [3.8, 4) is 0 Å². The maximum absolute atomic E-state index is 12.2. The summed E-state index contributed by atoms with van der Waals surface area (Å²) in [4.78, 5) is 16.6. The van der Waals surface area contributed by atoms with Gasteiger partial charge in [-0.15, -0.1) is 0 Å². The van der Waals surface area contributed by atoms with Crippen LogP contribution in [0.15, 0.2) is 60.8 Å². The van der Waals surface area contributed by atoms with Gasteiger partial charge in [0.15, 0.2) is 0 Å². The minimum atomic E-state index is -0.0323. The van der Waals surface area contributed by atoms with Crippen molar-refractivity contribution in [2.45, 2.75) is 6.42 Å². The van der Waals surface area contributed by atoms with Crippen LogP contribution in [-0.4, -0.2) is 10.9 Å². The number of para-hydroxylation sites is 1. The first-order valence-corrected chi connectivity index (χ1v) is 7.68. The Morgan fingerprint density at radius 2 is 1.90 bits per heavy atom. The molecule has 21 heavy (non-hydrogen) atoms. The molecule has 1 heterocycles. The molecule has 1 N–H and O–H groups in total. The summed E-state index contributed by atoms with van der Waals surface area (Å²) in [6, 6.07) is 17.6. The molecule has 0 unspecified atom stereocenters. The molecule has 4 heteroatoms. The van der Waals surface area contributed by atoms with Gasteiger partial charge in [-0.1, -0.05) is 30.3 Å². The molecule has 0 fully saturated rings. The highest BCUT2D eigenvalue weighted by molar-refractivity contribution is 14.1. The number of nitrogens with one attached hydrogen (secondary N) is 1. The molecule has 3 nitrogen and oxygen atoms in total. The topological polar surface area (TPSA) is 42.0 Å². The van der Waals surface area contributed by atoms with Crippen LogP contribution in [0.25, 0.3) is 10.9 Å². The van der Waals surface area contributed by atoms with E-state index in [9.17, 15) is 4.79 Å². The van der Waals surface area contributed by atoms with Gasteiger partial charge in [0, 0.05) is 20.8 Å². The SMILES string of the molecule is O=C(Cc1cccc2cccnc12)Nc1cccc(I)c1. The quantitative estimate of drug-likeness (QED) is 0.689. The zero-order valence-electron chi connectivity index (χ0n) is 11.2. The maximum Gasteiger partial charge on any atom is 0.228 e. The fourth-order valence-electron chi connectivity index (χ4n) is 2.25. The molecule has 0 atom stereocenters. The van der Waals surface area contributed by atoms with Crippen LogP contribution in [0.2, 0.25) is 0 Å². The summed E-state index contributed by atoms with van der Waals surface area (Å²) in [6.07, 6.45) is 2.07. The first-order chi connectivity index (χ1) is 10.2. The molecule has 3 rings (SSSR count). The molecular formula is C17H13IN2O. The third-order valence-corrected chi connectivity index (χ3v) is 3.85. The van der Waals surface area contributed by atoms with Crippen molar-refractivity contribution < 1.29 is 4.79 Å². The Kier molecular flexibility index (Phi) is 4.15. The lowest BCUT2D eigenvalue weighted by molar-refractivity contribution is -0.115. The molecule has 1 amide bonds. The zero-order valence-corrected chi connectivity index (χ0v) is 13.4. The van der Waals surface area contributed by atoms with Crippen LogP contribution in [0.5, 0.6) is 0 Å². The van der Waals surface area contributed by atoms with E-state index in [2.05, 4.69) is 32.9 Å². The van der Waals surface area contributed by atoms with E-state index in [-0.39, 0.29) is 5.91 Å². The number of nitrogens with zero attached hydrogens (tertiary/aromatic N) is 1. The first-order valence-electron chi connectivity index (χ1n) is 6.60. The molecule has 0 radical (unpaired) electrons. The van der Waals surface area contributed by atoms with Crippen LogP contribution in [0.1, 0.15) is 5.56 Å². The highest BCUT2D eigenvalue weighted by Gasteiger charge is 2.08. The highest BCUT2D eigenvalue weighted by Crippen LogP contribution is 2.17. The predicted octanol–water partition coefficient (Wildman–Crippen LogP) is 4.02. The molecule has 0 aliphatic heterocycles. The summed E-state index contributed by atoms with van der Waals surface area (Å²) >= 11 is 2.23. The fourth-order valence-corrected chi connectivity index (χ4v) is 2.80. The van der Waals surface area contributed by atoms with Crippen molar-refractivity contribution in [1.29, 1.82) is 0 Å². The lowest BCUT2D eigenvalue weighted by Gasteiger charge is -2.07. The van der Waals surface area contributed by atoms with Crippen LogP contribution < -0.4 is 5.32 Å². The van der Waals surface area contributed by atoms with Gasteiger partial charge >= 0.3 is 0 Å². The van der Waals surface area contributed by atoms with Crippen LogP contribution in [0.3, 0.4) is 0 Å². The minimum Gasteiger partial charge on any atom is -0.326 e. The van der Waals surface area contributed by atoms with Gasteiger partial charge in [0.1, 0.15) is 0 Å². The van der Waals surface area contributed by atoms with Gasteiger partial charge in [0.05, 0.1) is 11.9 Å². The number of carbonyl (C=O) groups is 1. The van der Waals surface area contributed by atoms with Crippen LogP contribution in [0, 0.1) is 3.57 Å². The first kappa shape index (κ1) is 14.0. The summed E-state index contributed by atoms with van der Waals surface area (Å²) in [6.45, 7) is 0. The molecule has 0 aliphatic rings. The second-order valence-electron chi connectivity index (χ2n) is 4.73. The molecular weight excluding hydrogens is 375 g/mol. The van der Waals surface area contributed by atoms with Gasteiger partial charge in [-0.25, -0.2) is 0 Å². The molecule has 0 saturated carbocycles. The molecule has 0 saturated heterocycles. The molecule has 3 aromatic rings. The van der Waals surface area contributed by atoms with E-state index in [1.54, 1.807) is 6.20 Å². The zero-order chi connectivity index (χ0) is 14.7. The number of halogens is 1. The monoisotopic (exact) mass is 388 g/mol. The smallest absolute Gasteiger partial charge is 0.228 e.